The highest BCUT2D eigenvalue weighted by Crippen LogP contribution is 2.45. The third kappa shape index (κ3) is 1.84. The highest BCUT2D eigenvalue weighted by atomic mass is 16.7. The molecule has 2 aliphatic rings. The lowest BCUT2D eigenvalue weighted by Gasteiger charge is -2.38. The number of hydrogen-bond acceptors (Lipinski definition) is 4. The maximum absolute atomic E-state index is 9.12. The van der Waals surface area contributed by atoms with Crippen LogP contribution in [0.3, 0.4) is 0 Å². The molecule has 0 aromatic rings. The molecule has 0 aromatic heterocycles. The van der Waals surface area contributed by atoms with E-state index < -0.39 is 11.2 Å². The molecule has 0 radical (unpaired) electrons. The first kappa shape index (κ1) is 10.4. The first-order valence-corrected chi connectivity index (χ1v) is 5.30. The second kappa shape index (κ2) is 3.81. The average Bonchev–Trinajstić information content (AvgIpc) is 2.72. The second-order valence-electron chi connectivity index (χ2n) is 4.33. The van der Waals surface area contributed by atoms with E-state index in [2.05, 4.69) is 12.1 Å². The van der Waals surface area contributed by atoms with Crippen molar-refractivity contribution in [2.24, 2.45) is 5.41 Å². The molecule has 15 heavy (non-hydrogen) atoms. The molecule has 4 nitrogen and oxygen atoms in total. The van der Waals surface area contributed by atoms with Crippen LogP contribution in [0.5, 0.6) is 0 Å². The van der Waals surface area contributed by atoms with Crippen molar-refractivity contribution in [3.8, 4) is 12.1 Å². The number of nitrogens with zero attached hydrogens (tertiary/aromatic N) is 2. The average molecular weight is 206 g/mol. The van der Waals surface area contributed by atoms with Gasteiger partial charge in [0.05, 0.1) is 37.2 Å². The van der Waals surface area contributed by atoms with Crippen molar-refractivity contribution in [1.29, 1.82) is 10.5 Å². The van der Waals surface area contributed by atoms with E-state index in [0.29, 0.717) is 32.5 Å². The van der Waals surface area contributed by atoms with Gasteiger partial charge >= 0.3 is 0 Å². The zero-order valence-corrected chi connectivity index (χ0v) is 8.66. The number of hydrogen-bond donors (Lipinski definition) is 0. The third-order valence-corrected chi connectivity index (χ3v) is 3.44. The van der Waals surface area contributed by atoms with Crippen LogP contribution in [0.25, 0.3) is 0 Å². The molecule has 0 amide bonds. The summed E-state index contributed by atoms with van der Waals surface area (Å²) in [6.07, 6.45) is 3.21. The highest BCUT2D eigenvalue weighted by Gasteiger charge is 2.46. The smallest absolute Gasteiger partial charge is 0.168 e. The van der Waals surface area contributed by atoms with Crippen molar-refractivity contribution in [3.63, 3.8) is 0 Å². The summed E-state index contributed by atoms with van der Waals surface area (Å²) in [6, 6.07) is 4.40. The molecular formula is C11H14N2O2. The van der Waals surface area contributed by atoms with Crippen molar-refractivity contribution >= 4 is 0 Å². The van der Waals surface area contributed by atoms with E-state index in [9.17, 15) is 0 Å². The summed E-state index contributed by atoms with van der Waals surface area (Å²) in [5, 5.41) is 17.8. The molecular weight excluding hydrogens is 192 g/mol. The van der Waals surface area contributed by atoms with Crippen LogP contribution in [-0.4, -0.2) is 19.0 Å². The molecule has 1 aliphatic carbocycles. The molecule has 0 atom stereocenters. The quantitative estimate of drug-likeness (QED) is 0.655. The second-order valence-corrected chi connectivity index (χ2v) is 4.33. The molecule has 2 rings (SSSR count). The zero-order valence-electron chi connectivity index (χ0n) is 8.66. The van der Waals surface area contributed by atoms with Crippen LogP contribution < -0.4 is 0 Å². The highest BCUT2D eigenvalue weighted by molar-refractivity contribution is 5.07. The van der Waals surface area contributed by atoms with E-state index in [1.165, 1.54) is 0 Å². The van der Waals surface area contributed by atoms with Gasteiger partial charge in [-0.25, -0.2) is 0 Å². The Hall–Kier alpha value is -1.10. The zero-order chi connectivity index (χ0) is 10.8. The number of rotatable bonds is 1. The van der Waals surface area contributed by atoms with Crippen molar-refractivity contribution < 1.29 is 9.47 Å². The normalized spacial score (nSPS) is 27.1. The Balaban J connectivity index is 2.02. The first-order chi connectivity index (χ1) is 7.24. The van der Waals surface area contributed by atoms with Crippen LogP contribution in [0.1, 0.15) is 32.1 Å². The van der Waals surface area contributed by atoms with E-state index in [-0.39, 0.29) is 0 Å². The minimum Gasteiger partial charge on any atom is -0.348 e. The fraction of sp³-hybridized carbons (Fsp3) is 0.818. The largest absolute Gasteiger partial charge is 0.348 e. The minimum atomic E-state index is -0.463. The SMILES string of the molecule is N#CCC1(C#N)CCC2(CC1)OCCO2. The standard InChI is InChI=1S/C11H14N2O2/c12-6-5-10(9-13)1-3-11(4-2-10)14-7-8-15-11/h1-5,7-8H2. The number of nitriles is 2. The Morgan fingerprint density at radius 3 is 2.07 bits per heavy atom. The summed E-state index contributed by atoms with van der Waals surface area (Å²) in [5.74, 6) is -0.435. The molecule has 2 fully saturated rings. The van der Waals surface area contributed by atoms with Crippen molar-refractivity contribution in [1.82, 2.24) is 0 Å². The molecule has 0 unspecified atom stereocenters. The van der Waals surface area contributed by atoms with Crippen LogP contribution >= 0.6 is 0 Å². The lowest BCUT2D eigenvalue weighted by molar-refractivity contribution is -0.187. The van der Waals surface area contributed by atoms with Gasteiger partial charge in [-0.2, -0.15) is 10.5 Å². The van der Waals surface area contributed by atoms with Gasteiger partial charge < -0.3 is 9.47 Å². The Kier molecular flexibility index (Phi) is 2.65. The monoisotopic (exact) mass is 206 g/mol. The van der Waals surface area contributed by atoms with Crippen LogP contribution in [-0.2, 0) is 9.47 Å². The van der Waals surface area contributed by atoms with E-state index in [1.807, 2.05) is 0 Å². The van der Waals surface area contributed by atoms with Crippen LogP contribution in [0.4, 0.5) is 0 Å². The maximum atomic E-state index is 9.12. The summed E-state index contributed by atoms with van der Waals surface area (Å²) in [7, 11) is 0. The van der Waals surface area contributed by atoms with Gasteiger partial charge in [0, 0.05) is 12.8 Å². The van der Waals surface area contributed by atoms with Gasteiger partial charge in [-0.3, -0.25) is 0 Å². The van der Waals surface area contributed by atoms with Crippen LogP contribution in [0.15, 0.2) is 0 Å². The molecule has 0 N–H and O–H groups in total. The Bertz CT molecular complexity index is 310. The summed E-state index contributed by atoms with van der Waals surface area (Å²) in [5.41, 5.74) is -0.463. The minimum absolute atomic E-state index is 0.319. The molecule has 1 saturated carbocycles. The van der Waals surface area contributed by atoms with E-state index in [0.717, 1.165) is 12.8 Å². The summed E-state index contributed by atoms with van der Waals surface area (Å²) >= 11 is 0. The van der Waals surface area contributed by atoms with Gasteiger partial charge in [-0.15, -0.1) is 0 Å². The van der Waals surface area contributed by atoms with Crippen molar-refractivity contribution in [3.05, 3.63) is 0 Å². The Morgan fingerprint density at radius 2 is 1.60 bits per heavy atom. The molecule has 1 aliphatic heterocycles. The number of ether oxygens (including phenoxy) is 2. The predicted octanol–water partition coefficient (Wildman–Crippen LogP) is 1.73. The fourth-order valence-corrected chi connectivity index (χ4v) is 2.37. The Morgan fingerprint density at radius 1 is 1.00 bits per heavy atom. The van der Waals surface area contributed by atoms with E-state index in [4.69, 9.17) is 20.0 Å². The maximum Gasteiger partial charge on any atom is 0.168 e. The molecule has 4 heteroatoms. The summed E-state index contributed by atoms with van der Waals surface area (Å²) in [6.45, 7) is 1.30. The molecule has 0 aromatic carbocycles. The molecule has 0 bridgehead atoms. The van der Waals surface area contributed by atoms with Crippen LogP contribution in [0.2, 0.25) is 0 Å². The van der Waals surface area contributed by atoms with Crippen molar-refractivity contribution in [2.45, 2.75) is 37.9 Å². The van der Waals surface area contributed by atoms with E-state index in [1.54, 1.807) is 0 Å². The fourth-order valence-electron chi connectivity index (χ4n) is 2.37. The van der Waals surface area contributed by atoms with Gasteiger partial charge in [0.15, 0.2) is 5.79 Å². The molecule has 1 heterocycles. The Labute approximate surface area is 89.4 Å². The summed E-state index contributed by atoms with van der Waals surface area (Å²) < 4.78 is 11.2. The van der Waals surface area contributed by atoms with Gasteiger partial charge in [0.25, 0.3) is 0 Å². The molecule has 80 valence electrons. The van der Waals surface area contributed by atoms with Crippen molar-refractivity contribution in [2.75, 3.05) is 13.2 Å². The topological polar surface area (TPSA) is 66.0 Å². The molecule has 1 saturated heterocycles. The van der Waals surface area contributed by atoms with E-state index >= 15 is 0 Å². The lowest BCUT2D eigenvalue weighted by atomic mass is 9.71. The molecule has 1 spiro atoms. The van der Waals surface area contributed by atoms with Gasteiger partial charge in [-0.1, -0.05) is 0 Å². The predicted molar refractivity (Wildman–Crippen MR) is 51.4 cm³/mol. The van der Waals surface area contributed by atoms with Gasteiger partial charge in [-0.05, 0) is 12.8 Å². The van der Waals surface area contributed by atoms with Crippen LogP contribution in [0, 0.1) is 28.1 Å². The van der Waals surface area contributed by atoms with Gasteiger partial charge in [0.1, 0.15) is 0 Å². The first-order valence-electron chi connectivity index (χ1n) is 5.30. The third-order valence-electron chi connectivity index (χ3n) is 3.44. The van der Waals surface area contributed by atoms with Gasteiger partial charge in [0.2, 0.25) is 0 Å². The summed E-state index contributed by atoms with van der Waals surface area (Å²) in [4.78, 5) is 0. The lowest BCUT2D eigenvalue weighted by Crippen LogP contribution is -2.39.